The second-order valence-electron chi connectivity index (χ2n) is 6.20. The predicted molar refractivity (Wildman–Crippen MR) is 107 cm³/mol. The summed E-state index contributed by atoms with van der Waals surface area (Å²) in [6.07, 6.45) is 4.11. The third kappa shape index (κ3) is 3.57. The largest absolute Gasteiger partial charge is 0.508 e. The number of thiazole rings is 1. The van der Waals surface area contributed by atoms with Crippen molar-refractivity contribution < 1.29 is 14.6 Å². The Bertz CT molecular complexity index is 1030. The van der Waals surface area contributed by atoms with Crippen LogP contribution in [0.25, 0.3) is 15.8 Å². The molecule has 136 valence electrons. The first-order valence-electron chi connectivity index (χ1n) is 8.56. The van der Waals surface area contributed by atoms with Crippen LogP contribution in [0.2, 0.25) is 0 Å². The molecule has 0 fully saturated rings. The highest BCUT2D eigenvalue weighted by Crippen LogP contribution is 2.32. The van der Waals surface area contributed by atoms with Crippen LogP contribution in [-0.4, -0.2) is 29.1 Å². The standard InChI is InChI=1S/C21H18N2O3S/c1-26-15-6-4-5-13(11-15)20(25)22-14-9-10-18(24)16(12-14)21-23-17-7-2-3-8-19(17)27-21/h2-8,10-12,14,24H,9H2,1H3,(H,22,25). The molecule has 1 atom stereocenters. The number of nitrogens with zero attached hydrogens (tertiary/aromatic N) is 1. The highest BCUT2D eigenvalue weighted by molar-refractivity contribution is 7.19. The smallest absolute Gasteiger partial charge is 0.251 e. The molecule has 0 radical (unpaired) electrons. The van der Waals surface area contributed by atoms with E-state index in [2.05, 4.69) is 10.3 Å². The minimum Gasteiger partial charge on any atom is -0.508 e. The molecule has 2 aromatic carbocycles. The van der Waals surface area contributed by atoms with E-state index in [9.17, 15) is 9.90 Å². The fourth-order valence-corrected chi connectivity index (χ4v) is 3.99. The minimum atomic E-state index is -0.221. The van der Waals surface area contributed by atoms with Crippen molar-refractivity contribution >= 4 is 33.0 Å². The Morgan fingerprint density at radius 3 is 2.93 bits per heavy atom. The minimum absolute atomic E-state index is 0.186. The molecule has 3 aromatic rings. The lowest BCUT2D eigenvalue weighted by molar-refractivity contribution is 0.0944. The van der Waals surface area contributed by atoms with E-state index in [4.69, 9.17) is 4.74 Å². The Morgan fingerprint density at radius 1 is 1.26 bits per heavy atom. The van der Waals surface area contributed by atoms with Crippen LogP contribution in [-0.2, 0) is 0 Å². The number of para-hydroxylation sites is 1. The number of aromatic nitrogens is 1. The van der Waals surface area contributed by atoms with Crippen molar-refractivity contribution in [3.63, 3.8) is 0 Å². The van der Waals surface area contributed by atoms with Crippen molar-refractivity contribution in [3.8, 4) is 5.75 Å². The molecule has 1 amide bonds. The van der Waals surface area contributed by atoms with E-state index >= 15 is 0 Å². The van der Waals surface area contributed by atoms with Crippen molar-refractivity contribution in [1.29, 1.82) is 0 Å². The van der Waals surface area contributed by atoms with Crippen molar-refractivity contribution in [1.82, 2.24) is 10.3 Å². The molecule has 0 saturated heterocycles. The molecule has 6 heteroatoms. The van der Waals surface area contributed by atoms with Crippen molar-refractivity contribution in [2.45, 2.75) is 12.5 Å². The topological polar surface area (TPSA) is 71.5 Å². The maximum atomic E-state index is 12.6. The zero-order valence-electron chi connectivity index (χ0n) is 14.7. The lowest BCUT2D eigenvalue weighted by Crippen LogP contribution is -2.34. The molecule has 0 aliphatic heterocycles. The first-order valence-corrected chi connectivity index (χ1v) is 9.38. The van der Waals surface area contributed by atoms with Crippen molar-refractivity contribution in [3.05, 3.63) is 77.0 Å². The number of carbonyl (C=O) groups is 1. The molecule has 2 N–H and O–H groups in total. The lowest BCUT2D eigenvalue weighted by atomic mass is 10.0. The molecule has 1 aromatic heterocycles. The van der Waals surface area contributed by atoms with Crippen LogP contribution in [0, 0.1) is 0 Å². The van der Waals surface area contributed by atoms with Gasteiger partial charge < -0.3 is 15.2 Å². The number of rotatable bonds is 4. The van der Waals surface area contributed by atoms with Crippen LogP contribution in [0.15, 0.2) is 66.4 Å². The van der Waals surface area contributed by atoms with E-state index in [0.29, 0.717) is 23.3 Å². The summed E-state index contributed by atoms with van der Waals surface area (Å²) in [5, 5.41) is 14.0. The second kappa shape index (κ2) is 7.25. The summed E-state index contributed by atoms with van der Waals surface area (Å²) >= 11 is 1.52. The number of methoxy groups -OCH3 is 1. The Kier molecular flexibility index (Phi) is 4.64. The SMILES string of the molecule is COc1cccc(C(=O)NC2C=C(c3nc4ccccc4s3)C(O)=CC2)c1. The molecule has 0 bridgehead atoms. The van der Waals surface area contributed by atoms with Crippen molar-refractivity contribution in [2.24, 2.45) is 0 Å². The Hall–Kier alpha value is -3.12. The predicted octanol–water partition coefficient (Wildman–Crippen LogP) is 4.33. The van der Waals surface area contributed by atoms with Crippen LogP contribution in [0.1, 0.15) is 21.8 Å². The van der Waals surface area contributed by atoms with Gasteiger partial charge in [0.2, 0.25) is 0 Å². The molecule has 1 aliphatic rings. The van der Waals surface area contributed by atoms with Crippen LogP contribution in [0.5, 0.6) is 5.75 Å². The van der Waals surface area contributed by atoms with Crippen LogP contribution < -0.4 is 10.1 Å². The monoisotopic (exact) mass is 378 g/mol. The van der Waals surface area contributed by atoms with Crippen LogP contribution in [0.3, 0.4) is 0 Å². The van der Waals surface area contributed by atoms with Gasteiger partial charge in [-0.25, -0.2) is 4.98 Å². The van der Waals surface area contributed by atoms with E-state index in [1.165, 1.54) is 11.3 Å². The number of hydrogen-bond donors (Lipinski definition) is 2. The molecular formula is C21H18N2O3S. The number of nitrogens with one attached hydrogen (secondary N) is 1. The fraction of sp³-hybridized carbons (Fsp3) is 0.143. The van der Waals surface area contributed by atoms with Gasteiger partial charge in [-0.05, 0) is 48.9 Å². The van der Waals surface area contributed by atoms with Gasteiger partial charge in [-0.3, -0.25) is 4.79 Å². The number of carbonyl (C=O) groups excluding carboxylic acids is 1. The Balaban J connectivity index is 1.58. The van der Waals surface area contributed by atoms with Crippen molar-refractivity contribution in [2.75, 3.05) is 7.11 Å². The van der Waals surface area contributed by atoms with Gasteiger partial charge in [0.25, 0.3) is 5.91 Å². The van der Waals surface area contributed by atoms with E-state index < -0.39 is 0 Å². The van der Waals surface area contributed by atoms with Crippen LogP contribution >= 0.6 is 11.3 Å². The second-order valence-corrected chi connectivity index (χ2v) is 7.23. The van der Waals surface area contributed by atoms with Gasteiger partial charge in [0.1, 0.15) is 16.5 Å². The molecule has 4 rings (SSSR count). The molecule has 0 saturated carbocycles. The number of benzene rings is 2. The summed E-state index contributed by atoms with van der Waals surface area (Å²) < 4.78 is 6.23. The number of amides is 1. The van der Waals surface area contributed by atoms with E-state index in [1.54, 1.807) is 37.5 Å². The lowest BCUT2D eigenvalue weighted by Gasteiger charge is -2.19. The van der Waals surface area contributed by atoms with Gasteiger partial charge in [-0.2, -0.15) is 0 Å². The molecule has 27 heavy (non-hydrogen) atoms. The quantitative estimate of drug-likeness (QED) is 0.709. The number of ether oxygens (including phenoxy) is 1. The first-order chi connectivity index (χ1) is 13.1. The van der Waals surface area contributed by atoms with Gasteiger partial charge in [0, 0.05) is 11.1 Å². The Morgan fingerprint density at radius 2 is 2.11 bits per heavy atom. The zero-order valence-corrected chi connectivity index (χ0v) is 15.5. The molecule has 5 nitrogen and oxygen atoms in total. The number of hydrogen-bond acceptors (Lipinski definition) is 5. The highest BCUT2D eigenvalue weighted by Gasteiger charge is 2.21. The van der Waals surface area contributed by atoms with Gasteiger partial charge in [-0.1, -0.05) is 18.2 Å². The average Bonchev–Trinajstić information content (AvgIpc) is 3.13. The maximum absolute atomic E-state index is 12.6. The average molecular weight is 378 g/mol. The van der Waals surface area contributed by atoms with Gasteiger partial charge in [-0.15, -0.1) is 11.3 Å². The summed E-state index contributed by atoms with van der Waals surface area (Å²) in [6.45, 7) is 0. The van der Waals surface area contributed by atoms with E-state index in [-0.39, 0.29) is 17.7 Å². The third-order valence-electron chi connectivity index (χ3n) is 4.38. The normalized spacial score (nSPS) is 16.6. The number of aliphatic hydroxyl groups excluding tert-OH is 1. The Labute approximate surface area is 160 Å². The molecule has 1 heterocycles. The first kappa shape index (κ1) is 17.3. The fourth-order valence-electron chi connectivity index (χ4n) is 2.99. The van der Waals surface area contributed by atoms with E-state index in [0.717, 1.165) is 15.2 Å². The zero-order chi connectivity index (χ0) is 18.8. The number of allylic oxidation sites excluding steroid dienone is 1. The summed E-state index contributed by atoms with van der Waals surface area (Å²) in [4.78, 5) is 17.2. The van der Waals surface area contributed by atoms with E-state index in [1.807, 2.05) is 30.3 Å². The summed E-state index contributed by atoms with van der Waals surface area (Å²) in [7, 11) is 1.57. The summed E-state index contributed by atoms with van der Waals surface area (Å²) in [6, 6.07) is 14.6. The number of aliphatic hydroxyl groups is 1. The molecular weight excluding hydrogens is 360 g/mol. The third-order valence-corrected chi connectivity index (χ3v) is 5.45. The van der Waals surface area contributed by atoms with Gasteiger partial charge in [0.05, 0.1) is 23.4 Å². The number of fused-ring (bicyclic) bond motifs is 1. The summed E-state index contributed by atoms with van der Waals surface area (Å²) in [5.41, 5.74) is 2.08. The molecule has 1 unspecified atom stereocenters. The molecule has 0 spiro atoms. The van der Waals surface area contributed by atoms with Gasteiger partial charge in [0.15, 0.2) is 0 Å². The maximum Gasteiger partial charge on any atom is 0.251 e. The summed E-state index contributed by atoms with van der Waals surface area (Å²) in [5.74, 6) is 0.643. The van der Waals surface area contributed by atoms with Gasteiger partial charge >= 0.3 is 0 Å². The highest BCUT2D eigenvalue weighted by atomic mass is 32.1. The van der Waals surface area contributed by atoms with Crippen LogP contribution in [0.4, 0.5) is 0 Å². The molecule has 1 aliphatic carbocycles.